The zero-order valence-electron chi connectivity index (χ0n) is 15.5. The van der Waals surface area contributed by atoms with Crippen molar-refractivity contribution in [3.63, 3.8) is 0 Å². The molecule has 7 nitrogen and oxygen atoms in total. The zero-order chi connectivity index (χ0) is 21.4. The average Bonchev–Trinajstić information content (AvgIpc) is 2.70. The van der Waals surface area contributed by atoms with Crippen LogP contribution in [0.5, 0.6) is 0 Å². The molecule has 2 aromatic carbocycles. The van der Waals surface area contributed by atoms with E-state index in [1.165, 1.54) is 18.2 Å². The van der Waals surface area contributed by atoms with Crippen molar-refractivity contribution >= 4 is 40.9 Å². The van der Waals surface area contributed by atoms with Gasteiger partial charge in [-0.25, -0.2) is 0 Å². The second-order valence-corrected chi connectivity index (χ2v) is 6.95. The molecule has 0 radical (unpaired) electrons. The van der Waals surface area contributed by atoms with E-state index in [1.807, 2.05) is 6.07 Å². The normalized spacial score (nSPS) is 11.1. The number of amides is 3. The summed E-state index contributed by atoms with van der Waals surface area (Å²) in [5, 5.41) is 17.0. The maximum Gasteiger partial charge on any atom is 0.253 e. The van der Waals surface area contributed by atoms with Crippen LogP contribution < -0.4 is 16.0 Å². The van der Waals surface area contributed by atoms with E-state index in [9.17, 15) is 14.4 Å². The largest absolute Gasteiger partial charge is 0.348 e. The molecule has 1 atom stereocenters. The van der Waals surface area contributed by atoms with E-state index in [4.69, 9.17) is 28.5 Å². The van der Waals surface area contributed by atoms with Crippen LogP contribution in [0.1, 0.15) is 34.5 Å². The minimum absolute atomic E-state index is 0.173. The lowest BCUT2D eigenvalue weighted by Crippen LogP contribution is -2.42. The minimum Gasteiger partial charge on any atom is -0.348 e. The molecule has 2 rings (SSSR count). The SMILES string of the molecule is CC(NC(=O)CNC(=O)CNC(=O)c1ccc(Cl)cc1Cl)c1ccc(C#N)cc1. The molecule has 0 bridgehead atoms. The van der Waals surface area contributed by atoms with E-state index in [-0.39, 0.29) is 35.6 Å². The van der Waals surface area contributed by atoms with Gasteiger partial charge in [0.25, 0.3) is 5.91 Å². The molecule has 29 heavy (non-hydrogen) atoms. The first-order chi connectivity index (χ1) is 13.8. The summed E-state index contributed by atoms with van der Waals surface area (Å²) in [4.78, 5) is 35.9. The molecule has 0 saturated carbocycles. The summed E-state index contributed by atoms with van der Waals surface area (Å²) in [6, 6.07) is 13.0. The highest BCUT2D eigenvalue weighted by Crippen LogP contribution is 2.20. The fourth-order valence-electron chi connectivity index (χ4n) is 2.39. The second kappa shape index (κ2) is 10.5. The van der Waals surface area contributed by atoms with E-state index in [2.05, 4.69) is 16.0 Å². The van der Waals surface area contributed by atoms with Crippen molar-refractivity contribution in [1.82, 2.24) is 16.0 Å². The molecule has 2 aromatic rings. The molecular weight excluding hydrogens is 415 g/mol. The summed E-state index contributed by atoms with van der Waals surface area (Å²) < 4.78 is 0. The zero-order valence-corrected chi connectivity index (χ0v) is 17.0. The Bertz CT molecular complexity index is 955. The first-order valence-electron chi connectivity index (χ1n) is 8.59. The van der Waals surface area contributed by atoms with Gasteiger partial charge in [0.05, 0.1) is 41.4 Å². The summed E-state index contributed by atoms with van der Waals surface area (Å²) in [5.41, 5.74) is 1.55. The number of rotatable bonds is 7. The van der Waals surface area contributed by atoms with Crippen LogP contribution in [-0.4, -0.2) is 30.8 Å². The number of hydrogen-bond donors (Lipinski definition) is 3. The third kappa shape index (κ3) is 6.79. The Balaban J connectivity index is 1.75. The van der Waals surface area contributed by atoms with Gasteiger partial charge in [-0.05, 0) is 42.8 Å². The van der Waals surface area contributed by atoms with Crippen molar-refractivity contribution in [2.75, 3.05) is 13.1 Å². The molecule has 9 heteroatoms. The van der Waals surface area contributed by atoms with Gasteiger partial charge in [-0.2, -0.15) is 5.26 Å². The molecule has 0 fully saturated rings. The Labute approximate surface area is 178 Å². The number of halogens is 2. The molecule has 0 aliphatic carbocycles. The molecule has 0 aromatic heterocycles. The number of nitrogens with one attached hydrogen (secondary N) is 3. The standard InChI is InChI=1S/C20H18Cl2N4O3/c1-12(14-4-2-13(9-23)3-5-14)26-19(28)11-24-18(27)10-25-20(29)16-7-6-15(21)8-17(16)22/h2-8,12H,10-11H2,1H3,(H,24,27)(H,25,29)(H,26,28). The highest BCUT2D eigenvalue weighted by atomic mass is 35.5. The van der Waals surface area contributed by atoms with Gasteiger partial charge >= 0.3 is 0 Å². The fraction of sp³-hybridized carbons (Fsp3) is 0.200. The Morgan fingerprint density at radius 3 is 2.28 bits per heavy atom. The predicted octanol–water partition coefficient (Wildman–Crippen LogP) is 2.59. The molecule has 0 heterocycles. The maximum absolute atomic E-state index is 12.0. The van der Waals surface area contributed by atoms with Gasteiger partial charge in [0, 0.05) is 5.02 Å². The van der Waals surface area contributed by atoms with Crippen LogP contribution in [0.25, 0.3) is 0 Å². The van der Waals surface area contributed by atoms with Gasteiger partial charge in [-0.3, -0.25) is 14.4 Å². The number of nitriles is 1. The van der Waals surface area contributed by atoms with Crippen molar-refractivity contribution in [1.29, 1.82) is 5.26 Å². The number of carbonyl (C=O) groups is 3. The van der Waals surface area contributed by atoms with E-state index in [1.54, 1.807) is 31.2 Å². The monoisotopic (exact) mass is 432 g/mol. The van der Waals surface area contributed by atoms with Crippen LogP contribution in [0.4, 0.5) is 0 Å². The van der Waals surface area contributed by atoms with Gasteiger partial charge in [-0.15, -0.1) is 0 Å². The van der Waals surface area contributed by atoms with Crippen LogP contribution in [0, 0.1) is 11.3 Å². The van der Waals surface area contributed by atoms with Crippen LogP contribution in [0.2, 0.25) is 10.0 Å². The summed E-state index contributed by atoms with van der Waals surface area (Å²) in [5.74, 6) is -1.44. The topological polar surface area (TPSA) is 111 Å². The van der Waals surface area contributed by atoms with Gasteiger partial charge in [-0.1, -0.05) is 35.3 Å². The molecule has 150 valence electrons. The molecule has 3 amide bonds. The van der Waals surface area contributed by atoms with Crippen LogP contribution in [-0.2, 0) is 9.59 Å². The third-order valence-electron chi connectivity index (χ3n) is 3.95. The quantitative estimate of drug-likeness (QED) is 0.623. The number of carbonyl (C=O) groups excluding carboxylic acids is 3. The highest BCUT2D eigenvalue weighted by Gasteiger charge is 2.14. The number of hydrogen-bond acceptors (Lipinski definition) is 4. The van der Waals surface area contributed by atoms with E-state index < -0.39 is 11.8 Å². The molecule has 1 unspecified atom stereocenters. The van der Waals surface area contributed by atoms with Gasteiger partial charge in [0.15, 0.2) is 0 Å². The smallest absolute Gasteiger partial charge is 0.253 e. The Hall–Kier alpha value is -3.08. The lowest BCUT2D eigenvalue weighted by Gasteiger charge is -2.15. The van der Waals surface area contributed by atoms with Crippen molar-refractivity contribution in [3.8, 4) is 6.07 Å². The summed E-state index contributed by atoms with van der Waals surface area (Å²) >= 11 is 11.7. The lowest BCUT2D eigenvalue weighted by atomic mass is 10.1. The molecule has 0 aliphatic heterocycles. The van der Waals surface area contributed by atoms with Crippen molar-refractivity contribution < 1.29 is 14.4 Å². The lowest BCUT2D eigenvalue weighted by molar-refractivity contribution is -0.125. The van der Waals surface area contributed by atoms with Gasteiger partial charge in [0.2, 0.25) is 11.8 Å². The Morgan fingerprint density at radius 1 is 1.00 bits per heavy atom. The molecule has 3 N–H and O–H groups in total. The summed E-state index contributed by atoms with van der Waals surface area (Å²) in [7, 11) is 0. The highest BCUT2D eigenvalue weighted by molar-refractivity contribution is 6.36. The average molecular weight is 433 g/mol. The van der Waals surface area contributed by atoms with E-state index in [0.717, 1.165) is 5.56 Å². The molecular formula is C20H18Cl2N4O3. The van der Waals surface area contributed by atoms with Crippen LogP contribution >= 0.6 is 23.2 Å². The molecule has 0 spiro atoms. The first-order valence-corrected chi connectivity index (χ1v) is 9.35. The Kier molecular flexibility index (Phi) is 8.01. The van der Waals surface area contributed by atoms with Crippen LogP contribution in [0.15, 0.2) is 42.5 Å². The van der Waals surface area contributed by atoms with Crippen molar-refractivity contribution in [2.24, 2.45) is 0 Å². The van der Waals surface area contributed by atoms with Gasteiger partial charge in [0.1, 0.15) is 0 Å². The van der Waals surface area contributed by atoms with Crippen molar-refractivity contribution in [2.45, 2.75) is 13.0 Å². The predicted molar refractivity (Wildman–Crippen MR) is 110 cm³/mol. The maximum atomic E-state index is 12.0. The Morgan fingerprint density at radius 2 is 1.66 bits per heavy atom. The number of benzene rings is 2. The fourth-order valence-corrected chi connectivity index (χ4v) is 2.89. The third-order valence-corrected chi connectivity index (χ3v) is 4.50. The van der Waals surface area contributed by atoms with E-state index >= 15 is 0 Å². The first kappa shape index (κ1) is 22.2. The number of nitrogens with zero attached hydrogens (tertiary/aromatic N) is 1. The van der Waals surface area contributed by atoms with E-state index in [0.29, 0.717) is 10.6 Å². The second-order valence-electron chi connectivity index (χ2n) is 6.11. The van der Waals surface area contributed by atoms with Crippen LogP contribution in [0.3, 0.4) is 0 Å². The summed E-state index contributed by atoms with van der Waals surface area (Å²) in [6.45, 7) is 1.24. The minimum atomic E-state index is -0.527. The van der Waals surface area contributed by atoms with Gasteiger partial charge < -0.3 is 16.0 Å². The molecule has 0 saturated heterocycles. The summed E-state index contributed by atoms with van der Waals surface area (Å²) in [6.07, 6.45) is 0. The van der Waals surface area contributed by atoms with Crippen molar-refractivity contribution in [3.05, 3.63) is 69.2 Å². The molecule has 0 aliphatic rings.